The van der Waals surface area contributed by atoms with Crippen LogP contribution < -0.4 is 9.47 Å². The number of rotatable bonds is 10. The largest absolute Gasteiger partial charge is 0.489 e. The van der Waals surface area contributed by atoms with Crippen molar-refractivity contribution in [1.82, 2.24) is 0 Å². The van der Waals surface area contributed by atoms with Gasteiger partial charge in [-0.15, -0.1) is 0 Å². The highest BCUT2D eigenvalue weighted by molar-refractivity contribution is 5.96. The van der Waals surface area contributed by atoms with Crippen LogP contribution in [0.1, 0.15) is 25.0 Å². The van der Waals surface area contributed by atoms with Gasteiger partial charge in [-0.05, 0) is 26.7 Å². The van der Waals surface area contributed by atoms with Gasteiger partial charge in [-0.25, -0.2) is 9.59 Å². The van der Waals surface area contributed by atoms with Gasteiger partial charge in [0.1, 0.15) is 36.9 Å². The minimum atomic E-state index is -0.481. The van der Waals surface area contributed by atoms with Crippen molar-refractivity contribution in [3.63, 3.8) is 0 Å². The number of fused-ring (bicyclic) bond motifs is 2. The minimum absolute atomic E-state index is 0.217. The van der Waals surface area contributed by atoms with E-state index in [1.807, 2.05) is 24.3 Å². The van der Waals surface area contributed by atoms with E-state index in [1.165, 1.54) is 0 Å². The van der Waals surface area contributed by atoms with Crippen molar-refractivity contribution in [2.75, 3.05) is 13.2 Å². The van der Waals surface area contributed by atoms with Gasteiger partial charge in [-0.1, -0.05) is 49.6 Å². The molecule has 2 aromatic rings. The molecule has 0 amide bonds. The zero-order valence-corrected chi connectivity index (χ0v) is 18.5. The molecule has 6 nitrogen and oxygen atoms in total. The molecule has 168 valence electrons. The molecule has 1 aliphatic carbocycles. The molecule has 0 fully saturated rings. The molecule has 32 heavy (non-hydrogen) atoms. The summed E-state index contributed by atoms with van der Waals surface area (Å²) in [5.74, 6) is 0.566. The number of ether oxygens (including phenoxy) is 4. The van der Waals surface area contributed by atoms with Gasteiger partial charge in [0.15, 0.2) is 0 Å². The van der Waals surface area contributed by atoms with Crippen LogP contribution >= 0.6 is 0 Å². The lowest BCUT2D eigenvalue weighted by Crippen LogP contribution is -2.22. The van der Waals surface area contributed by atoms with E-state index in [-0.39, 0.29) is 13.2 Å². The van der Waals surface area contributed by atoms with E-state index in [0.717, 1.165) is 45.6 Å². The molecule has 0 N–H and O–H groups in total. The number of hydrogen-bond donors (Lipinski definition) is 0. The van der Waals surface area contributed by atoms with Crippen molar-refractivity contribution in [1.29, 1.82) is 0 Å². The highest BCUT2D eigenvalue weighted by Crippen LogP contribution is 2.43. The van der Waals surface area contributed by atoms with E-state index >= 15 is 0 Å². The molecule has 3 rings (SSSR count). The topological polar surface area (TPSA) is 71.1 Å². The maximum atomic E-state index is 11.5. The first kappa shape index (κ1) is 23.1. The Hall–Kier alpha value is -3.54. The van der Waals surface area contributed by atoms with Gasteiger partial charge < -0.3 is 18.9 Å². The number of hydrogen-bond acceptors (Lipinski definition) is 6. The molecule has 1 aliphatic rings. The van der Waals surface area contributed by atoms with Crippen molar-refractivity contribution in [3.8, 4) is 11.5 Å². The number of benzene rings is 2. The Balaban J connectivity index is 1.92. The molecule has 0 saturated carbocycles. The average molecular weight is 437 g/mol. The molecule has 0 bridgehead atoms. The first-order chi connectivity index (χ1) is 15.4. The molecular weight excluding hydrogens is 408 g/mol. The fourth-order valence-corrected chi connectivity index (χ4v) is 3.60. The van der Waals surface area contributed by atoms with Crippen molar-refractivity contribution in [2.45, 2.75) is 38.9 Å². The van der Waals surface area contributed by atoms with Crippen molar-refractivity contribution in [3.05, 3.63) is 72.9 Å². The zero-order valence-electron chi connectivity index (χ0n) is 18.5. The molecule has 0 spiro atoms. The standard InChI is InChI=1S/C26H28O6/c1-5-23(27)31-17(3)15-29-25-19-11-7-9-13-21(19)26(22-14-10-8-12-20(22)25)30-16-18(4)32-24(28)6-2/h5-11,13,17-18H,1-2,12,14-16H2,3-4H3. The predicted octanol–water partition coefficient (Wildman–Crippen LogP) is 4.49. The lowest BCUT2D eigenvalue weighted by atomic mass is 9.90. The van der Waals surface area contributed by atoms with E-state index in [9.17, 15) is 9.59 Å². The average Bonchev–Trinajstić information content (AvgIpc) is 2.80. The first-order valence-electron chi connectivity index (χ1n) is 10.6. The molecule has 0 radical (unpaired) electrons. The lowest BCUT2D eigenvalue weighted by molar-refractivity contribution is -0.144. The quantitative estimate of drug-likeness (QED) is 0.311. The van der Waals surface area contributed by atoms with Crippen LogP contribution in [0.5, 0.6) is 11.5 Å². The van der Waals surface area contributed by atoms with Gasteiger partial charge in [-0.2, -0.15) is 0 Å². The predicted molar refractivity (Wildman–Crippen MR) is 123 cm³/mol. The van der Waals surface area contributed by atoms with Crippen molar-refractivity contribution in [2.24, 2.45) is 0 Å². The fourth-order valence-electron chi connectivity index (χ4n) is 3.60. The Morgan fingerprint density at radius 1 is 0.844 bits per heavy atom. The molecule has 6 heteroatoms. The second-order valence-corrected chi connectivity index (χ2v) is 7.57. The summed E-state index contributed by atoms with van der Waals surface area (Å²) in [6, 6.07) is 7.86. The van der Waals surface area contributed by atoms with Crippen LogP contribution in [0, 0.1) is 0 Å². The lowest BCUT2D eigenvalue weighted by Gasteiger charge is -2.25. The first-order valence-corrected chi connectivity index (χ1v) is 10.6. The molecule has 0 aliphatic heterocycles. The van der Waals surface area contributed by atoms with Crippen LogP contribution in [0.15, 0.2) is 61.7 Å². The molecule has 2 atom stereocenters. The SMILES string of the molecule is C=CC(=O)OC(C)COc1c2c(c(OCC(C)OC(=O)C=C)c3ccccc13)CC=CC2. The number of carbonyl (C=O) groups is 2. The van der Waals surface area contributed by atoms with E-state index in [2.05, 4.69) is 25.3 Å². The Kier molecular flexibility index (Phi) is 7.71. The van der Waals surface area contributed by atoms with Crippen molar-refractivity contribution < 1.29 is 28.5 Å². The molecule has 0 saturated heterocycles. The summed E-state index contributed by atoms with van der Waals surface area (Å²) in [6.45, 7) is 10.8. The smallest absolute Gasteiger partial charge is 0.330 e. The summed E-state index contributed by atoms with van der Waals surface area (Å²) >= 11 is 0. The van der Waals surface area contributed by atoms with Crippen LogP contribution in [0.25, 0.3) is 10.8 Å². The Morgan fingerprint density at radius 2 is 1.25 bits per heavy atom. The van der Waals surface area contributed by atoms with Gasteiger partial charge in [0, 0.05) is 34.1 Å². The summed E-state index contributed by atoms with van der Waals surface area (Å²) in [5, 5.41) is 1.82. The molecule has 0 aromatic heterocycles. The molecular formula is C26H28O6. The van der Waals surface area contributed by atoms with Gasteiger partial charge in [0.05, 0.1) is 0 Å². The summed E-state index contributed by atoms with van der Waals surface area (Å²) in [7, 11) is 0. The van der Waals surface area contributed by atoms with E-state index < -0.39 is 24.1 Å². The third-order valence-electron chi connectivity index (χ3n) is 5.03. The van der Waals surface area contributed by atoms with E-state index in [4.69, 9.17) is 18.9 Å². The van der Waals surface area contributed by atoms with Crippen LogP contribution in [-0.4, -0.2) is 37.4 Å². The van der Waals surface area contributed by atoms with Gasteiger partial charge in [-0.3, -0.25) is 0 Å². The Bertz CT molecular complexity index is 969. The number of esters is 2. The molecule has 0 heterocycles. The van der Waals surface area contributed by atoms with Crippen LogP contribution in [0.2, 0.25) is 0 Å². The van der Waals surface area contributed by atoms with E-state index in [0.29, 0.717) is 12.8 Å². The normalized spacial score (nSPS) is 14.1. The highest BCUT2D eigenvalue weighted by Gasteiger charge is 2.23. The van der Waals surface area contributed by atoms with Gasteiger partial charge in [0.2, 0.25) is 0 Å². The Labute approximate surface area is 188 Å². The summed E-state index contributed by atoms with van der Waals surface area (Å²) < 4.78 is 22.9. The number of carbonyl (C=O) groups excluding carboxylic acids is 2. The third-order valence-corrected chi connectivity index (χ3v) is 5.03. The summed E-state index contributed by atoms with van der Waals surface area (Å²) in [6.07, 6.45) is 7.03. The number of allylic oxidation sites excluding steroid dienone is 2. The Morgan fingerprint density at radius 3 is 1.62 bits per heavy atom. The van der Waals surface area contributed by atoms with E-state index in [1.54, 1.807) is 13.8 Å². The molecule has 2 aromatic carbocycles. The zero-order chi connectivity index (χ0) is 23.1. The maximum absolute atomic E-state index is 11.5. The fraction of sp³-hybridized carbons (Fsp3) is 0.308. The monoisotopic (exact) mass is 436 g/mol. The summed E-state index contributed by atoms with van der Waals surface area (Å²) in [5.41, 5.74) is 2.08. The van der Waals surface area contributed by atoms with Gasteiger partial charge >= 0.3 is 11.9 Å². The van der Waals surface area contributed by atoms with Crippen LogP contribution in [-0.2, 0) is 31.9 Å². The van der Waals surface area contributed by atoms with Gasteiger partial charge in [0.25, 0.3) is 0 Å². The van der Waals surface area contributed by atoms with Crippen LogP contribution in [0.3, 0.4) is 0 Å². The second-order valence-electron chi connectivity index (χ2n) is 7.57. The van der Waals surface area contributed by atoms with Crippen molar-refractivity contribution >= 4 is 22.7 Å². The maximum Gasteiger partial charge on any atom is 0.330 e. The highest BCUT2D eigenvalue weighted by atomic mass is 16.6. The third kappa shape index (κ3) is 5.38. The summed E-state index contributed by atoms with van der Waals surface area (Å²) in [4.78, 5) is 23.0. The second kappa shape index (κ2) is 10.7. The van der Waals surface area contributed by atoms with Crippen LogP contribution in [0.4, 0.5) is 0 Å². The molecule has 2 unspecified atom stereocenters. The minimum Gasteiger partial charge on any atom is -0.489 e.